The monoisotopic (exact) mass is 217 g/mol. The highest BCUT2D eigenvalue weighted by Crippen LogP contribution is 2.26. The van der Waals surface area contributed by atoms with Crippen molar-refractivity contribution in [2.75, 3.05) is 5.73 Å². The minimum atomic E-state index is -0.393. The molecule has 2 rings (SSSR count). The molecule has 0 fully saturated rings. The third-order valence-electron chi connectivity index (χ3n) is 2.67. The fraction of sp³-hybridized carbons (Fsp3) is 0.333. The lowest BCUT2D eigenvalue weighted by Gasteiger charge is -2.11. The van der Waals surface area contributed by atoms with Crippen molar-refractivity contribution in [3.05, 3.63) is 33.7 Å². The molecule has 0 aliphatic heterocycles. The molecule has 0 saturated carbocycles. The van der Waals surface area contributed by atoms with Crippen LogP contribution in [0.25, 0.3) is 10.9 Å². The predicted molar refractivity (Wildman–Crippen MR) is 65.6 cm³/mol. The van der Waals surface area contributed by atoms with Crippen molar-refractivity contribution in [2.45, 2.75) is 26.7 Å². The van der Waals surface area contributed by atoms with E-state index in [9.17, 15) is 4.79 Å². The van der Waals surface area contributed by atoms with Gasteiger partial charge in [0.1, 0.15) is 5.82 Å². The fourth-order valence-corrected chi connectivity index (χ4v) is 1.92. The van der Waals surface area contributed by atoms with Crippen molar-refractivity contribution in [2.24, 2.45) is 0 Å². The van der Waals surface area contributed by atoms with Crippen LogP contribution in [-0.2, 0) is 0 Å². The van der Waals surface area contributed by atoms with E-state index in [0.717, 1.165) is 22.0 Å². The van der Waals surface area contributed by atoms with Crippen LogP contribution in [0, 0.1) is 6.92 Å². The highest BCUT2D eigenvalue weighted by atomic mass is 16.1. The van der Waals surface area contributed by atoms with Gasteiger partial charge >= 0.3 is 5.69 Å². The summed E-state index contributed by atoms with van der Waals surface area (Å²) in [5.41, 5.74) is 8.40. The van der Waals surface area contributed by atoms with Crippen LogP contribution in [0.15, 0.2) is 16.9 Å². The van der Waals surface area contributed by atoms with Crippen molar-refractivity contribution in [3.8, 4) is 0 Å². The molecule has 0 spiro atoms. The number of H-pyrrole nitrogens is 1. The largest absolute Gasteiger partial charge is 0.383 e. The number of nitrogens with one attached hydrogen (secondary N) is 1. The van der Waals surface area contributed by atoms with E-state index in [4.69, 9.17) is 5.73 Å². The molecule has 3 N–H and O–H groups in total. The molecule has 16 heavy (non-hydrogen) atoms. The number of nitrogens with two attached hydrogens (primary N) is 1. The Kier molecular flexibility index (Phi) is 2.42. The second-order valence-electron chi connectivity index (χ2n) is 4.36. The Morgan fingerprint density at radius 2 is 2.06 bits per heavy atom. The summed E-state index contributed by atoms with van der Waals surface area (Å²) in [6.07, 6.45) is 0. The first-order valence-electron chi connectivity index (χ1n) is 5.29. The van der Waals surface area contributed by atoms with Crippen LogP contribution in [0.1, 0.15) is 30.9 Å². The average molecular weight is 217 g/mol. The third kappa shape index (κ3) is 1.66. The quantitative estimate of drug-likeness (QED) is 0.766. The first kappa shape index (κ1) is 10.7. The highest BCUT2D eigenvalue weighted by molar-refractivity contribution is 5.90. The van der Waals surface area contributed by atoms with E-state index in [1.807, 2.05) is 13.0 Å². The van der Waals surface area contributed by atoms with Gasteiger partial charge in [0.2, 0.25) is 0 Å². The Labute approximate surface area is 93.5 Å². The van der Waals surface area contributed by atoms with E-state index >= 15 is 0 Å². The van der Waals surface area contributed by atoms with Gasteiger partial charge in [-0.05, 0) is 30.0 Å². The summed E-state index contributed by atoms with van der Waals surface area (Å²) in [6.45, 7) is 6.18. The van der Waals surface area contributed by atoms with Gasteiger partial charge in [0.15, 0.2) is 0 Å². The number of fused-ring (bicyclic) bond motifs is 1. The molecule has 0 amide bonds. The number of rotatable bonds is 1. The van der Waals surface area contributed by atoms with E-state index < -0.39 is 5.69 Å². The molecule has 0 saturated heterocycles. The molecule has 2 aromatic rings. The molecule has 0 atom stereocenters. The zero-order valence-corrected chi connectivity index (χ0v) is 9.66. The average Bonchev–Trinajstić information content (AvgIpc) is 2.18. The second kappa shape index (κ2) is 3.63. The van der Waals surface area contributed by atoms with Crippen LogP contribution in [0.4, 0.5) is 5.82 Å². The summed E-state index contributed by atoms with van der Waals surface area (Å²) >= 11 is 0. The normalized spacial score (nSPS) is 11.2. The molecule has 0 aliphatic rings. The maximum atomic E-state index is 11.3. The van der Waals surface area contributed by atoms with Gasteiger partial charge in [-0.15, -0.1) is 0 Å². The molecule has 84 valence electrons. The number of nitrogen functional groups attached to an aromatic ring is 1. The predicted octanol–water partition coefficient (Wildman–Crippen LogP) is 1.94. The Morgan fingerprint density at radius 3 is 2.69 bits per heavy atom. The van der Waals surface area contributed by atoms with Crippen molar-refractivity contribution < 1.29 is 0 Å². The number of aromatic nitrogens is 2. The molecule has 4 nitrogen and oxygen atoms in total. The molecule has 0 aliphatic carbocycles. The highest BCUT2D eigenvalue weighted by Gasteiger charge is 2.10. The number of anilines is 1. The summed E-state index contributed by atoms with van der Waals surface area (Å²) in [5, 5.41) is 0.823. The molecule has 1 heterocycles. The molecular weight excluding hydrogens is 202 g/mol. The number of hydrogen-bond donors (Lipinski definition) is 2. The molecule has 4 heteroatoms. The van der Waals surface area contributed by atoms with Gasteiger partial charge in [-0.1, -0.05) is 19.9 Å². The molecule has 1 aromatic heterocycles. The van der Waals surface area contributed by atoms with Gasteiger partial charge < -0.3 is 10.7 Å². The van der Waals surface area contributed by atoms with Crippen molar-refractivity contribution in [1.82, 2.24) is 9.97 Å². The van der Waals surface area contributed by atoms with Crippen LogP contribution in [0.5, 0.6) is 0 Å². The number of hydrogen-bond acceptors (Lipinski definition) is 3. The van der Waals surface area contributed by atoms with Crippen LogP contribution < -0.4 is 11.4 Å². The minimum Gasteiger partial charge on any atom is -0.383 e. The number of nitrogens with zero attached hydrogens (tertiary/aromatic N) is 1. The first-order chi connectivity index (χ1) is 7.49. The number of aryl methyl sites for hydroxylation is 1. The first-order valence-corrected chi connectivity index (χ1v) is 5.29. The zero-order valence-electron chi connectivity index (χ0n) is 9.66. The lowest BCUT2D eigenvalue weighted by atomic mass is 9.97. The second-order valence-corrected chi connectivity index (χ2v) is 4.36. The fourth-order valence-electron chi connectivity index (χ4n) is 1.92. The molecule has 1 aromatic carbocycles. The van der Waals surface area contributed by atoms with Gasteiger partial charge in [-0.3, -0.25) is 0 Å². The summed E-state index contributed by atoms with van der Waals surface area (Å²) in [4.78, 5) is 17.8. The minimum absolute atomic E-state index is 0.296. The summed E-state index contributed by atoms with van der Waals surface area (Å²) < 4.78 is 0. The topological polar surface area (TPSA) is 71.8 Å². The van der Waals surface area contributed by atoms with Crippen LogP contribution in [-0.4, -0.2) is 9.97 Å². The molecule has 0 bridgehead atoms. The molecule has 0 unspecified atom stereocenters. The number of benzene rings is 1. The van der Waals surface area contributed by atoms with E-state index in [0.29, 0.717) is 11.7 Å². The standard InChI is InChI=1S/C12H15N3O/c1-6(2)8-4-7(3)5-9-10(8)14-12(16)15-11(9)13/h4-6H,1-3H3,(H3,13,14,15,16). The maximum Gasteiger partial charge on any atom is 0.347 e. The summed E-state index contributed by atoms with van der Waals surface area (Å²) in [6, 6.07) is 4.02. The Hall–Kier alpha value is -1.84. The third-order valence-corrected chi connectivity index (χ3v) is 2.67. The van der Waals surface area contributed by atoms with E-state index in [1.54, 1.807) is 0 Å². The van der Waals surface area contributed by atoms with Gasteiger partial charge in [-0.2, -0.15) is 4.98 Å². The lowest BCUT2D eigenvalue weighted by molar-refractivity contribution is 0.869. The van der Waals surface area contributed by atoms with Gasteiger partial charge in [-0.25, -0.2) is 4.79 Å². The molecule has 0 radical (unpaired) electrons. The smallest absolute Gasteiger partial charge is 0.347 e. The zero-order chi connectivity index (χ0) is 11.9. The van der Waals surface area contributed by atoms with E-state index in [-0.39, 0.29) is 0 Å². The van der Waals surface area contributed by atoms with E-state index in [2.05, 4.69) is 29.9 Å². The SMILES string of the molecule is Cc1cc(C(C)C)c2[nH]c(=O)nc(N)c2c1. The lowest BCUT2D eigenvalue weighted by Crippen LogP contribution is -2.14. The Balaban J connectivity index is 2.95. The molecular formula is C12H15N3O. The van der Waals surface area contributed by atoms with Gasteiger partial charge in [0.25, 0.3) is 0 Å². The number of aromatic amines is 1. The summed E-state index contributed by atoms with van der Waals surface area (Å²) in [7, 11) is 0. The van der Waals surface area contributed by atoms with Gasteiger partial charge in [0.05, 0.1) is 5.52 Å². The Morgan fingerprint density at radius 1 is 1.38 bits per heavy atom. The van der Waals surface area contributed by atoms with Crippen molar-refractivity contribution in [3.63, 3.8) is 0 Å². The van der Waals surface area contributed by atoms with Crippen molar-refractivity contribution >= 4 is 16.7 Å². The van der Waals surface area contributed by atoms with Crippen LogP contribution in [0.2, 0.25) is 0 Å². The van der Waals surface area contributed by atoms with Crippen LogP contribution >= 0.6 is 0 Å². The van der Waals surface area contributed by atoms with Crippen LogP contribution in [0.3, 0.4) is 0 Å². The summed E-state index contributed by atoms with van der Waals surface area (Å²) in [5.74, 6) is 0.629. The maximum absolute atomic E-state index is 11.3. The Bertz CT molecular complexity index is 599. The van der Waals surface area contributed by atoms with Gasteiger partial charge in [0, 0.05) is 5.39 Å². The van der Waals surface area contributed by atoms with Crippen molar-refractivity contribution in [1.29, 1.82) is 0 Å². The van der Waals surface area contributed by atoms with E-state index in [1.165, 1.54) is 0 Å².